The predicted octanol–water partition coefficient (Wildman–Crippen LogP) is 0.0448. The molecule has 0 bridgehead atoms. The van der Waals surface area contributed by atoms with Crippen LogP contribution >= 0.6 is 0 Å². The topological polar surface area (TPSA) is 151 Å². The number of nitrogens with zero attached hydrogens (tertiary/aromatic N) is 5. The Morgan fingerprint density at radius 2 is 1.94 bits per heavy atom. The number of hydrogen-bond donors (Lipinski definition) is 3. The van der Waals surface area contributed by atoms with Crippen molar-refractivity contribution in [2.75, 3.05) is 18.6 Å². The highest BCUT2D eigenvalue weighted by atomic mass is 16.5. The van der Waals surface area contributed by atoms with Crippen LogP contribution in [0.15, 0.2) is 47.3 Å². The van der Waals surface area contributed by atoms with E-state index < -0.39 is 11.9 Å². The minimum atomic E-state index is -0.960. The summed E-state index contributed by atoms with van der Waals surface area (Å²) >= 11 is 0. The molecule has 1 atom stereocenters. The molecular formula is C20H18N8O4. The van der Waals surface area contributed by atoms with Crippen molar-refractivity contribution in [1.29, 1.82) is 0 Å². The number of ether oxygens (including phenoxy) is 1. The molecule has 162 valence electrons. The number of rotatable bonds is 4. The third-order valence-corrected chi connectivity index (χ3v) is 5.12. The highest BCUT2D eigenvalue weighted by molar-refractivity contribution is 6.03. The number of H-pyrrole nitrogens is 2. The number of likely N-dealkylation sites (N-methyl/N-ethyl adjacent to an activating group) is 1. The Kier molecular flexibility index (Phi) is 4.66. The zero-order valence-corrected chi connectivity index (χ0v) is 16.9. The van der Waals surface area contributed by atoms with E-state index in [9.17, 15) is 14.4 Å². The van der Waals surface area contributed by atoms with Gasteiger partial charge in [0.05, 0.1) is 23.3 Å². The largest absolute Gasteiger partial charge is 0.489 e. The van der Waals surface area contributed by atoms with Crippen molar-refractivity contribution in [3.05, 3.63) is 64.3 Å². The number of amides is 2. The van der Waals surface area contributed by atoms with Crippen LogP contribution < -0.4 is 20.6 Å². The lowest BCUT2D eigenvalue weighted by molar-refractivity contribution is -0.120. The Bertz CT molecular complexity index is 1370. The van der Waals surface area contributed by atoms with Crippen LogP contribution in [0, 0.1) is 0 Å². The van der Waals surface area contributed by atoms with E-state index in [-0.39, 0.29) is 24.0 Å². The summed E-state index contributed by atoms with van der Waals surface area (Å²) in [6, 6.07) is 11.8. The molecule has 0 aliphatic carbocycles. The van der Waals surface area contributed by atoms with Crippen LogP contribution in [0.4, 0.5) is 5.69 Å². The summed E-state index contributed by atoms with van der Waals surface area (Å²) in [4.78, 5) is 45.1. The smallest absolute Gasteiger partial charge is 0.323 e. The van der Waals surface area contributed by atoms with Gasteiger partial charge in [-0.25, -0.2) is 4.79 Å². The molecule has 2 aromatic carbocycles. The van der Waals surface area contributed by atoms with E-state index in [0.717, 1.165) is 5.56 Å². The van der Waals surface area contributed by atoms with Crippen LogP contribution in [-0.2, 0) is 11.3 Å². The van der Waals surface area contributed by atoms with Gasteiger partial charge in [0.15, 0.2) is 0 Å². The molecular weight excluding hydrogens is 416 g/mol. The molecule has 0 fully saturated rings. The van der Waals surface area contributed by atoms with Gasteiger partial charge in [0.2, 0.25) is 0 Å². The number of carbonyl (C=O) groups excluding carboxylic acids is 2. The van der Waals surface area contributed by atoms with Crippen LogP contribution in [0.1, 0.15) is 16.2 Å². The number of aromatic nitrogens is 6. The Morgan fingerprint density at radius 3 is 2.72 bits per heavy atom. The van der Waals surface area contributed by atoms with E-state index in [1.807, 2.05) is 30.3 Å². The predicted molar refractivity (Wildman–Crippen MR) is 112 cm³/mol. The zero-order chi connectivity index (χ0) is 22.2. The van der Waals surface area contributed by atoms with Crippen molar-refractivity contribution in [1.82, 2.24) is 35.5 Å². The van der Waals surface area contributed by atoms with E-state index in [2.05, 4.69) is 30.7 Å². The first-order valence-corrected chi connectivity index (χ1v) is 9.77. The standard InChI is InChI=1S/C20H18N8O4/c1-27-15-7-12-13(23-20(31)22-12)8-16(15)32-10-14(19(27)30)21-18(29)17-24-26-28(25-17)9-11-5-3-2-4-6-11/h2-8,14H,9-10H2,1H3,(H,21,29)(H2,22,23,31)/t14-/m0/s1. The molecule has 2 amide bonds. The second-order valence-electron chi connectivity index (χ2n) is 7.31. The van der Waals surface area contributed by atoms with Crippen LogP contribution in [0.25, 0.3) is 11.0 Å². The van der Waals surface area contributed by atoms with Gasteiger partial charge < -0.3 is 24.9 Å². The van der Waals surface area contributed by atoms with E-state index >= 15 is 0 Å². The third kappa shape index (κ3) is 3.57. The van der Waals surface area contributed by atoms with Gasteiger partial charge >= 0.3 is 5.69 Å². The Hall–Kier alpha value is -4.48. The summed E-state index contributed by atoms with van der Waals surface area (Å²) < 4.78 is 5.77. The molecule has 0 saturated heterocycles. The van der Waals surface area contributed by atoms with Crippen LogP contribution in [0.2, 0.25) is 0 Å². The number of hydrogen-bond acceptors (Lipinski definition) is 7. The van der Waals surface area contributed by atoms with Gasteiger partial charge in [-0.3, -0.25) is 9.59 Å². The number of aromatic amines is 2. The fourth-order valence-electron chi connectivity index (χ4n) is 3.50. The van der Waals surface area contributed by atoms with Crippen molar-refractivity contribution < 1.29 is 14.3 Å². The summed E-state index contributed by atoms with van der Waals surface area (Å²) in [5.74, 6) is -0.760. The molecule has 12 heteroatoms. The maximum atomic E-state index is 13.0. The highest BCUT2D eigenvalue weighted by Gasteiger charge is 2.32. The molecule has 0 spiro atoms. The monoisotopic (exact) mass is 434 g/mol. The van der Waals surface area contributed by atoms with Gasteiger partial charge in [-0.2, -0.15) is 4.80 Å². The van der Waals surface area contributed by atoms with Gasteiger partial charge in [-0.1, -0.05) is 30.3 Å². The summed E-state index contributed by atoms with van der Waals surface area (Å²) in [6.07, 6.45) is 0. The van der Waals surface area contributed by atoms with Gasteiger partial charge in [-0.05, 0) is 16.8 Å². The van der Waals surface area contributed by atoms with Crippen LogP contribution in [0.3, 0.4) is 0 Å². The van der Waals surface area contributed by atoms with Crippen molar-refractivity contribution in [3.8, 4) is 5.75 Å². The highest BCUT2D eigenvalue weighted by Crippen LogP contribution is 2.33. The first kappa shape index (κ1) is 19.5. The summed E-state index contributed by atoms with van der Waals surface area (Å²) in [7, 11) is 1.57. The molecule has 0 saturated carbocycles. The lowest BCUT2D eigenvalue weighted by Crippen LogP contribution is -2.49. The summed E-state index contributed by atoms with van der Waals surface area (Å²) in [6.45, 7) is 0.264. The van der Waals surface area contributed by atoms with Gasteiger partial charge in [0.1, 0.15) is 18.4 Å². The Morgan fingerprint density at radius 1 is 1.19 bits per heavy atom. The second-order valence-corrected chi connectivity index (χ2v) is 7.31. The van der Waals surface area contributed by atoms with Crippen LogP contribution in [0.5, 0.6) is 5.75 Å². The van der Waals surface area contributed by atoms with Crippen molar-refractivity contribution in [3.63, 3.8) is 0 Å². The molecule has 0 unspecified atom stereocenters. The van der Waals surface area contributed by atoms with Crippen molar-refractivity contribution in [2.45, 2.75) is 12.6 Å². The average molecular weight is 434 g/mol. The molecule has 12 nitrogen and oxygen atoms in total. The fraction of sp³-hybridized carbons (Fsp3) is 0.200. The number of carbonyl (C=O) groups is 2. The average Bonchev–Trinajstić information content (AvgIpc) is 3.38. The number of tetrazole rings is 1. The van der Waals surface area contributed by atoms with Crippen LogP contribution in [-0.4, -0.2) is 61.7 Å². The second kappa shape index (κ2) is 7.65. The van der Waals surface area contributed by atoms with Gasteiger partial charge in [0, 0.05) is 13.1 Å². The van der Waals surface area contributed by atoms with Gasteiger partial charge in [-0.15, -0.1) is 10.2 Å². The molecule has 1 aliphatic rings. The SMILES string of the molecule is CN1C(=O)[C@@H](NC(=O)c2nnn(Cc3ccccc3)n2)COc2cc3[nH]c(=O)[nH]c3cc21. The Labute approximate surface area is 180 Å². The fourth-order valence-corrected chi connectivity index (χ4v) is 3.50. The van der Waals surface area contributed by atoms with E-state index in [1.54, 1.807) is 19.2 Å². The molecule has 0 radical (unpaired) electrons. The number of benzene rings is 2. The molecule has 1 aliphatic heterocycles. The number of imidazole rings is 1. The van der Waals surface area contributed by atoms with Gasteiger partial charge in [0.25, 0.3) is 17.6 Å². The maximum absolute atomic E-state index is 13.0. The summed E-state index contributed by atoms with van der Waals surface area (Å²) in [5.41, 5.74) is 2.17. The minimum absolute atomic E-state index is 0.0970. The molecule has 3 N–H and O–H groups in total. The van der Waals surface area contributed by atoms with Crippen molar-refractivity contribution >= 4 is 28.5 Å². The van der Waals surface area contributed by atoms with E-state index in [4.69, 9.17) is 4.74 Å². The van der Waals surface area contributed by atoms with E-state index in [0.29, 0.717) is 29.0 Å². The molecule has 2 aromatic heterocycles. The maximum Gasteiger partial charge on any atom is 0.323 e. The molecule has 32 heavy (non-hydrogen) atoms. The zero-order valence-electron chi connectivity index (χ0n) is 16.9. The lowest BCUT2D eigenvalue weighted by atomic mass is 10.2. The molecule has 5 rings (SSSR count). The molecule has 3 heterocycles. The minimum Gasteiger partial charge on any atom is -0.489 e. The lowest BCUT2D eigenvalue weighted by Gasteiger charge is -2.19. The normalized spacial score (nSPS) is 15.8. The number of fused-ring (bicyclic) bond motifs is 2. The number of nitrogens with one attached hydrogen (secondary N) is 3. The van der Waals surface area contributed by atoms with E-state index in [1.165, 1.54) is 9.70 Å². The van der Waals surface area contributed by atoms with Crippen molar-refractivity contribution in [2.24, 2.45) is 0 Å². The first-order valence-electron chi connectivity index (χ1n) is 9.77. The number of anilines is 1. The summed E-state index contributed by atoms with van der Waals surface area (Å²) in [5, 5.41) is 14.4. The third-order valence-electron chi connectivity index (χ3n) is 5.12. The Balaban J connectivity index is 1.32. The first-order chi connectivity index (χ1) is 15.5. The quantitative estimate of drug-likeness (QED) is 0.410. The molecule has 4 aromatic rings.